The fourth-order valence-electron chi connectivity index (χ4n) is 3.71. The van der Waals surface area contributed by atoms with E-state index in [1.165, 1.54) is 12.1 Å². The van der Waals surface area contributed by atoms with Crippen LogP contribution in [0.4, 0.5) is 11.4 Å². The van der Waals surface area contributed by atoms with Gasteiger partial charge in [0.05, 0.1) is 17.1 Å². The van der Waals surface area contributed by atoms with Crippen LogP contribution in [0.25, 0.3) is 0 Å². The lowest BCUT2D eigenvalue weighted by Gasteiger charge is -2.36. The Kier molecular flexibility index (Phi) is 5.11. The number of nitro benzene ring substituents is 1. The number of benzene rings is 1. The van der Waals surface area contributed by atoms with Crippen molar-refractivity contribution in [1.82, 2.24) is 0 Å². The Morgan fingerprint density at radius 3 is 2.58 bits per heavy atom. The number of ether oxygens (including phenoxy) is 2. The van der Waals surface area contributed by atoms with Crippen molar-refractivity contribution < 1.29 is 24.0 Å². The Balaban J connectivity index is 1.83. The lowest BCUT2D eigenvalue weighted by atomic mass is 9.91. The van der Waals surface area contributed by atoms with Crippen LogP contribution in [0.3, 0.4) is 0 Å². The SMILES string of the molecule is CC1CC(C)CN(c2ccc(C(=O)OC3CCOC3=O)cc2[N+](=O)[O-])C1. The lowest BCUT2D eigenvalue weighted by Crippen LogP contribution is -2.39. The molecule has 2 heterocycles. The summed E-state index contributed by atoms with van der Waals surface area (Å²) in [5, 5.41) is 11.6. The van der Waals surface area contributed by atoms with Crippen LogP contribution in [-0.2, 0) is 14.3 Å². The second kappa shape index (κ2) is 7.31. The van der Waals surface area contributed by atoms with Gasteiger partial charge in [0.25, 0.3) is 5.69 Å². The summed E-state index contributed by atoms with van der Waals surface area (Å²) >= 11 is 0. The summed E-state index contributed by atoms with van der Waals surface area (Å²) in [4.78, 5) is 36.7. The molecule has 2 saturated heterocycles. The van der Waals surface area contributed by atoms with E-state index in [0.29, 0.717) is 23.9 Å². The van der Waals surface area contributed by atoms with E-state index in [9.17, 15) is 19.7 Å². The molecule has 0 radical (unpaired) electrons. The van der Waals surface area contributed by atoms with Gasteiger partial charge in [-0.2, -0.15) is 0 Å². The van der Waals surface area contributed by atoms with Crippen molar-refractivity contribution in [3.8, 4) is 0 Å². The number of carbonyl (C=O) groups excluding carboxylic acids is 2. The van der Waals surface area contributed by atoms with E-state index in [4.69, 9.17) is 9.47 Å². The molecule has 1 aromatic carbocycles. The van der Waals surface area contributed by atoms with Crippen molar-refractivity contribution in [2.45, 2.75) is 32.8 Å². The van der Waals surface area contributed by atoms with Gasteiger partial charge in [0.1, 0.15) is 5.69 Å². The molecule has 0 saturated carbocycles. The first kappa shape index (κ1) is 18.2. The molecule has 2 aliphatic rings. The zero-order chi connectivity index (χ0) is 18.8. The fraction of sp³-hybridized carbons (Fsp3) is 0.556. The van der Waals surface area contributed by atoms with Gasteiger partial charge < -0.3 is 14.4 Å². The summed E-state index contributed by atoms with van der Waals surface area (Å²) in [5.41, 5.74) is 0.429. The van der Waals surface area contributed by atoms with E-state index in [2.05, 4.69) is 13.8 Å². The van der Waals surface area contributed by atoms with Crippen molar-refractivity contribution in [1.29, 1.82) is 0 Å². The third-order valence-corrected chi connectivity index (χ3v) is 4.75. The molecule has 8 heteroatoms. The Hall–Kier alpha value is -2.64. The molecule has 3 atom stereocenters. The van der Waals surface area contributed by atoms with Gasteiger partial charge in [-0.1, -0.05) is 13.8 Å². The monoisotopic (exact) mass is 362 g/mol. The number of esters is 2. The van der Waals surface area contributed by atoms with E-state index in [-0.39, 0.29) is 17.9 Å². The molecule has 1 aromatic rings. The van der Waals surface area contributed by atoms with Crippen LogP contribution >= 0.6 is 0 Å². The van der Waals surface area contributed by atoms with Crippen LogP contribution in [-0.4, -0.2) is 42.7 Å². The smallest absolute Gasteiger partial charge is 0.347 e. The van der Waals surface area contributed by atoms with Crippen molar-refractivity contribution in [2.75, 3.05) is 24.6 Å². The summed E-state index contributed by atoms with van der Waals surface area (Å²) in [6.45, 7) is 5.94. The molecule has 2 aliphatic heterocycles. The van der Waals surface area contributed by atoms with Crippen molar-refractivity contribution in [3.63, 3.8) is 0 Å². The van der Waals surface area contributed by atoms with Crippen LogP contribution < -0.4 is 4.90 Å². The van der Waals surface area contributed by atoms with Gasteiger partial charge >= 0.3 is 11.9 Å². The number of hydrogen-bond acceptors (Lipinski definition) is 7. The van der Waals surface area contributed by atoms with Crippen LogP contribution in [0.5, 0.6) is 0 Å². The maximum atomic E-state index is 12.2. The van der Waals surface area contributed by atoms with E-state index >= 15 is 0 Å². The molecular weight excluding hydrogens is 340 g/mol. The first-order valence-corrected chi connectivity index (χ1v) is 8.76. The van der Waals surface area contributed by atoms with E-state index in [1.807, 2.05) is 4.90 Å². The molecule has 26 heavy (non-hydrogen) atoms. The zero-order valence-corrected chi connectivity index (χ0v) is 14.8. The summed E-state index contributed by atoms with van der Waals surface area (Å²) in [6, 6.07) is 4.32. The first-order valence-electron chi connectivity index (χ1n) is 8.76. The fourth-order valence-corrected chi connectivity index (χ4v) is 3.71. The standard InChI is InChI=1S/C18H22N2O6/c1-11-7-12(2)10-19(9-11)14-4-3-13(8-15(14)20(23)24)17(21)26-16-5-6-25-18(16)22/h3-4,8,11-12,16H,5-7,9-10H2,1-2H3. The number of cyclic esters (lactones) is 1. The number of carbonyl (C=O) groups is 2. The normalized spacial score (nSPS) is 25.7. The van der Waals surface area contributed by atoms with Gasteiger partial charge in [-0.05, 0) is 30.4 Å². The highest BCUT2D eigenvalue weighted by Gasteiger charge is 2.32. The molecule has 140 valence electrons. The molecule has 3 unspecified atom stereocenters. The summed E-state index contributed by atoms with van der Waals surface area (Å²) in [6.07, 6.45) is 0.450. The van der Waals surface area contributed by atoms with Crippen molar-refractivity contribution in [3.05, 3.63) is 33.9 Å². The minimum Gasteiger partial charge on any atom is -0.463 e. The quantitative estimate of drug-likeness (QED) is 0.461. The number of piperidine rings is 1. The topological polar surface area (TPSA) is 99.0 Å². The van der Waals surface area contributed by atoms with Crippen molar-refractivity contribution >= 4 is 23.3 Å². The largest absolute Gasteiger partial charge is 0.463 e. The zero-order valence-electron chi connectivity index (χ0n) is 14.8. The number of nitro groups is 1. The Labute approximate surface area is 151 Å². The predicted molar refractivity (Wildman–Crippen MR) is 93.0 cm³/mol. The molecule has 8 nitrogen and oxygen atoms in total. The summed E-state index contributed by atoms with van der Waals surface area (Å²) < 4.78 is 9.87. The summed E-state index contributed by atoms with van der Waals surface area (Å²) in [5.74, 6) is -0.461. The molecule has 0 N–H and O–H groups in total. The highest BCUT2D eigenvalue weighted by molar-refractivity contribution is 5.93. The Morgan fingerprint density at radius 2 is 2.00 bits per heavy atom. The number of rotatable bonds is 4. The predicted octanol–water partition coefficient (Wildman–Crippen LogP) is 2.55. The second-order valence-corrected chi connectivity index (χ2v) is 7.16. The highest BCUT2D eigenvalue weighted by atomic mass is 16.6. The number of hydrogen-bond donors (Lipinski definition) is 0. The maximum Gasteiger partial charge on any atom is 0.347 e. The molecular formula is C18H22N2O6. The molecule has 0 aliphatic carbocycles. The Morgan fingerprint density at radius 1 is 1.31 bits per heavy atom. The third kappa shape index (κ3) is 3.79. The first-order chi connectivity index (χ1) is 12.3. The van der Waals surface area contributed by atoms with Crippen LogP contribution in [0, 0.1) is 22.0 Å². The van der Waals surface area contributed by atoms with Gasteiger partial charge in [0.2, 0.25) is 6.10 Å². The lowest BCUT2D eigenvalue weighted by molar-refractivity contribution is -0.384. The maximum absolute atomic E-state index is 12.2. The van der Waals surface area contributed by atoms with Gasteiger partial charge in [0, 0.05) is 25.6 Å². The van der Waals surface area contributed by atoms with E-state index < -0.39 is 23.0 Å². The molecule has 0 aromatic heterocycles. The Bertz CT molecular complexity index is 724. The average Bonchev–Trinajstić information content (AvgIpc) is 2.98. The second-order valence-electron chi connectivity index (χ2n) is 7.16. The van der Waals surface area contributed by atoms with Gasteiger partial charge in [-0.15, -0.1) is 0 Å². The third-order valence-electron chi connectivity index (χ3n) is 4.75. The highest BCUT2D eigenvalue weighted by Crippen LogP contribution is 2.34. The molecule has 0 spiro atoms. The minimum atomic E-state index is -0.940. The number of nitrogens with zero attached hydrogens (tertiary/aromatic N) is 2. The van der Waals surface area contributed by atoms with Crippen LogP contribution in [0.2, 0.25) is 0 Å². The van der Waals surface area contributed by atoms with E-state index in [0.717, 1.165) is 19.5 Å². The molecule has 3 rings (SSSR count). The van der Waals surface area contributed by atoms with Gasteiger partial charge in [-0.3, -0.25) is 10.1 Å². The molecule has 2 fully saturated rings. The van der Waals surface area contributed by atoms with E-state index in [1.54, 1.807) is 6.07 Å². The van der Waals surface area contributed by atoms with Crippen LogP contribution in [0.15, 0.2) is 18.2 Å². The average molecular weight is 362 g/mol. The summed E-state index contributed by atoms with van der Waals surface area (Å²) in [7, 11) is 0. The molecule has 0 amide bonds. The van der Waals surface area contributed by atoms with Crippen LogP contribution in [0.1, 0.15) is 37.0 Å². The van der Waals surface area contributed by atoms with Gasteiger partial charge in [-0.25, -0.2) is 9.59 Å². The van der Waals surface area contributed by atoms with Gasteiger partial charge in [0.15, 0.2) is 0 Å². The number of anilines is 1. The molecule has 0 bridgehead atoms. The van der Waals surface area contributed by atoms with Crippen molar-refractivity contribution in [2.24, 2.45) is 11.8 Å². The minimum absolute atomic E-state index is 0.0539.